The molecular formula is C46H28N4O. The molecule has 0 N–H and O–H groups in total. The molecule has 0 aliphatic heterocycles. The lowest BCUT2D eigenvalue weighted by Crippen LogP contribution is -2.00. The Morgan fingerprint density at radius 3 is 1.53 bits per heavy atom. The highest BCUT2D eigenvalue weighted by Gasteiger charge is 2.19. The van der Waals surface area contributed by atoms with Crippen molar-refractivity contribution < 1.29 is 4.42 Å². The second kappa shape index (κ2) is 11.9. The maximum absolute atomic E-state index is 6.57. The van der Waals surface area contributed by atoms with Crippen molar-refractivity contribution in [3.63, 3.8) is 0 Å². The monoisotopic (exact) mass is 652 g/mol. The molecular weight excluding hydrogens is 625 g/mol. The van der Waals surface area contributed by atoms with Gasteiger partial charge in [-0.1, -0.05) is 140 Å². The van der Waals surface area contributed by atoms with Crippen molar-refractivity contribution in [3.05, 3.63) is 170 Å². The molecule has 51 heavy (non-hydrogen) atoms. The Balaban J connectivity index is 1.20. The van der Waals surface area contributed by atoms with Crippen LogP contribution < -0.4 is 0 Å². The van der Waals surface area contributed by atoms with Gasteiger partial charge in [0, 0.05) is 27.6 Å². The Hall–Kier alpha value is -6.98. The number of nitrogens with zero attached hydrogens (tertiary/aromatic N) is 4. The summed E-state index contributed by atoms with van der Waals surface area (Å²) in [5.41, 5.74) is 7.57. The van der Waals surface area contributed by atoms with Crippen LogP contribution in [0.1, 0.15) is 0 Å². The molecule has 0 radical (unpaired) electrons. The van der Waals surface area contributed by atoms with Crippen LogP contribution in [0.5, 0.6) is 0 Å². The fraction of sp³-hybridized carbons (Fsp3) is 0. The van der Waals surface area contributed by atoms with E-state index in [-0.39, 0.29) is 0 Å². The molecule has 0 amide bonds. The third-order valence-corrected chi connectivity index (χ3v) is 9.53. The summed E-state index contributed by atoms with van der Waals surface area (Å²) in [6.45, 7) is 0. The molecule has 0 spiro atoms. The zero-order valence-corrected chi connectivity index (χ0v) is 27.4. The van der Waals surface area contributed by atoms with Gasteiger partial charge in [0.05, 0.1) is 0 Å². The van der Waals surface area contributed by atoms with E-state index in [1.54, 1.807) is 0 Å². The predicted octanol–water partition coefficient (Wildman–Crippen LogP) is 11.8. The summed E-state index contributed by atoms with van der Waals surface area (Å²) in [5, 5.41) is 6.65. The van der Waals surface area contributed by atoms with Gasteiger partial charge in [-0.2, -0.15) is 0 Å². The molecule has 5 heteroatoms. The zero-order chi connectivity index (χ0) is 33.7. The summed E-state index contributed by atoms with van der Waals surface area (Å²) >= 11 is 0. The third kappa shape index (κ3) is 5.03. The van der Waals surface area contributed by atoms with Gasteiger partial charge < -0.3 is 4.42 Å². The molecule has 0 atom stereocenters. The van der Waals surface area contributed by atoms with E-state index in [2.05, 4.69) is 103 Å². The molecule has 0 aliphatic rings. The summed E-state index contributed by atoms with van der Waals surface area (Å²) < 4.78 is 6.57. The normalized spacial score (nSPS) is 11.5. The predicted molar refractivity (Wildman–Crippen MR) is 207 cm³/mol. The first-order valence-corrected chi connectivity index (χ1v) is 17.0. The molecule has 0 saturated heterocycles. The fourth-order valence-corrected chi connectivity index (χ4v) is 7.08. The van der Waals surface area contributed by atoms with Crippen LogP contribution in [0.15, 0.2) is 174 Å². The van der Waals surface area contributed by atoms with Crippen molar-refractivity contribution in [1.29, 1.82) is 0 Å². The van der Waals surface area contributed by atoms with Gasteiger partial charge in [-0.25, -0.2) is 19.9 Å². The van der Waals surface area contributed by atoms with Crippen LogP contribution >= 0.6 is 0 Å². The SMILES string of the molecule is c1ccc(-c2cccc(-c3nc(-c4ccccc4)nc(-c4ccc5c(c4)c4ccccc4c4ccc6nc(-c7ccccc7)oc6c45)n3)c2)cc1. The van der Waals surface area contributed by atoms with Crippen molar-refractivity contribution >= 4 is 43.4 Å². The van der Waals surface area contributed by atoms with E-state index < -0.39 is 0 Å². The molecule has 0 bridgehead atoms. The second-order valence-electron chi connectivity index (χ2n) is 12.6. The average molecular weight is 653 g/mol. The molecule has 2 aromatic heterocycles. The van der Waals surface area contributed by atoms with Crippen LogP contribution in [0.2, 0.25) is 0 Å². The van der Waals surface area contributed by atoms with Crippen LogP contribution in [-0.2, 0) is 0 Å². The van der Waals surface area contributed by atoms with Gasteiger partial charge in [-0.05, 0) is 68.4 Å². The highest BCUT2D eigenvalue weighted by atomic mass is 16.3. The van der Waals surface area contributed by atoms with Crippen LogP contribution in [0.4, 0.5) is 0 Å². The molecule has 0 fully saturated rings. The van der Waals surface area contributed by atoms with Gasteiger partial charge in [0.2, 0.25) is 5.89 Å². The second-order valence-corrected chi connectivity index (χ2v) is 12.6. The van der Waals surface area contributed by atoms with Crippen molar-refractivity contribution in [3.8, 4) is 56.7 Å². The first-order chi connectivity index (χ1) is 25.3. The molecule has 0 unspecified atom stereocenters. The molecule has 5 nitrogen and oxygen atoms in total. The van der Waals surface area contributed by atoms with Crippen molar-refractivity contribution in [2.24, 2.45) is 0 Å². The van der Waals surface area contributed by atoms with Crippen molar-refractivity contribution in [2.45, 2.75) is 0 Å². The van der Waals surface area contributed by atoms with E-state index in [9.17, 15) is 0 Å². The summed E-state index contributed by atoms with van der Waals surface area (Å²) in [6.07, 6.45) is 0. The van der Waals surface area contributed by atoms with Gasteiger partial charge >= 0.3 is 0 Å². The summed E-state index contributed by atoms with van der Waals surface area (Å²) in [6, 6.07) is 58.2. The van der Waals surface area contributed by atoms with Crippen LogP contribution in [0.25, 0.3) is 100 Å². The molecule has 10 aromatic rings. The summed E-state index contributed by atoms with van der Waals surface area (Å²) in [7, 11) is 0. The Bertz CT molecular complexity index is 2900. The smallest absolute Gasteiger partial charge is 0.227 e. The Morgan fingerprint density at radius 1 is 0.314 bits per heavy atom. The molecule has 238 valence electrons. The van der Waals surface area contributed by atoms with Gasteiger partial charge in [0.25, 0.3) is 0 Å². The molecule has 0 aliphatic carbocycles. The number of rotatable bonds is 5. The number of aromatic nitrogens is 4. The Morgan fingerprint density at radius 2 is 0.824 bits per heavy atom. The first kappa shape index (κ1) is 29.0. The van der Waals surface area contributed by atoms with E-state index in [1.165, 1.54) is 0 Å². The van der Waals surface area contributed by atoms with Crippen molar-refractivity contribution in [1.82, 2.24) is 19.9 Å². The van der Waals surface area contributed by atoms with Gasteiger partial charge in [-0.3, -0.25) is 0 Å². The first-order valence-electron chi connectivity index (χ1n) is 17.0. The molecule has 10 rings (SSSR count). The molecule has 0 saturated carbocycles. The minimum Gasteiger partial charge on any atom is -0.435 e. The number of fused-ring (bicyclic) bond motifs is 8. The zero-order valence-electron chi connectivity index (χ0n) is 27.4. The van der Waals surface area contributed by atoms with Gasteiger partial charge in [0.15, 0.2) is 23.1 Å². The van der Waals surface area contributed by atoms with E-state index in [4.69, 9.17) is 24.4 Å². The average Bonchev–Trinajstić information content (AvgIpc) is 3.66. The molecule has 8 aromatic carbocycles. The third-order valence-electron chi connectivity index (χ3n) is 9.53. The fourth-order valence-electron chi connectivity index (χ4n) is 7.08. The molecule has 2 heterocycles. The lowest BCUT2D eigenvalue weighted by Gasteiger charge is -2.13. The maximum Gasteiger partial charge on any atom is 0.227 e. The number of hydrogen-bond acceptors (Lipinski definition) is 5. The minimum atomic E-state index is 0.610. The van der Waals surface area contributed by atoms with Gasteiger partial charge in [0.1, 0.15) is 5.52 Å². The van der Waals surface area contributed by atoms with Gasteiger partial charge in [-0.15, -0.1) is 0 Å². The van der Waals surface area contributed by atoms with E-state index in [1.807, 2.05) is 66.7 Å². The van der Waals surface area contributed by atoms with Crippen LogP contribution in [0, 0.1) is 0 Å². The summed E-state index contributed by atoms with van der Waals surface area (Å²) in [5.74, 6) is 2.47. The highest BCUT2D eigenvalue weighted by molar-refractivity contribution is 6.30. The standard InChI is InChI=1S/C46H28N4O/c1-4-13-29(14-5-1)32-19-12-20-33(27-32)44-48-43(30-15-6-2-7-16-30)49-45(50-44)34-23-24-38-39(28-34)36-22-11-10-21-35(36)37-25-26-40-42(41(37)38)51-46(47-40)31-17-8-3-9-18-31/h1-28H. The Labute approximate surface area is 293 Å². The van der Waals surface area contributed by atoms with E-state index >= 15 is 0 Å². The van der Waals surface area contributed by atoms with E-state index in [0.29, 0.717) is 23.4 Å². The quantitative estimate of drug-likeness (QED) is 0.173. The number of hydrogen-bond donors (Lipinski definition) is 0. The van der Waals surface area contributed by atoms with Crippen molar-refractivity contribution in [2.75, 3.05) is 0 Å². The largest absolute Gasteiger partial charge is 0.435 e. The highest BCUT2D eigenvalue weighted by Crippen LogP contribution is 2.41. The lowest BCUT2D eigenvalue weighted by molar-refractivity contribution is 0.623. The lowest BCUT2D eigenvalue weighted by atomic mass is 9.92. The number of benzene rings is 8. The van der Waals surface area contributed by atoms with E-state index in [0.717, 1.165) is 76.8 Å². The van der Waals surface area contributed by atoms with Crippen LogP contribution in [0.3, 0.4) is 0 Å². The van der Waals surface area contributed by atoms with Crippen LogP contribution in [-0.4, -0.2) is 19.9 Å². The number of oxazole rings is 1. The maximum atomic E-state index is 6.57. The Kier molecular flexibility index (Phi) is 6.74. The summed E-state index contributed by atoms with van der Waals surface area (Å²) in [4.78, 5) is 20.1. The topological polar surface area (TPSA) is 64.7 Å². The minimum absolute atomic E-state index is 0.610.